The van der Waals surface area contributed by atoms with Gasteiger partial charge in [0.25, 0.3) is 0 Å². The molecule has 1 saturated heterocycles. The van der Waals surface area contributed by atoms with E-state index in [9.17, 15) is 0 Å². The SMILES string of the molecule is CN=C(NCC1CCN(Cc2csc(C)n2)CC1)N(C)Cc1ccc(OC)cc1. The van der Waals surface area contributed by atoms with Crippen LogP contribution in [-0.4, -0.2) is 61.6 Å². The van der Waals surface area contributed by atoms with Gasteiger partial charge < -0.3 is 15.0 Å². The zero-order valence-corrected chi connectivity index (χ0v) is 18.8. The molecule has 0 unspecified atom stereocenters. The van der Waals surface area contributed by atoms with Crippen molar-refractivity contribution in [3.8, 4) is 5.75 Å². The first-order chi connectivity index (χ1) is 14.1. The standard InChI is InChI=1S/C22H33N5OS/c1-17-25-20(16-29-17)15-27-11-9-18(10-12-27)13-24-22(23-2)26(3)14-19-5-7-21(28-4)8-6-19/h5-8,16,18H,9-15H2,1-4H3,(H,23,24). The Balaban J connectivity index is 1.41. The third-order valence-corrected chi connectivity index (χ3v) is 6.28. The molecule has 1 aromatic heterocycles. The number of thiazole rings is 1. The molecule has 1 aromatic carbocycles. The third kappa shape index (κ3) is 6.44. The van der Waals surface area contributed by atoms with E-state index in [1.54, 1.807) is 18.4 Å². The highest BCUT2D eigenvalue weighted by atomic mass is 32.1. The van der Waals surface area contributed by atoms with Crippen molar-refractivity contribution in [2.75, 3.05) is 40.8 Å². The smallest absolute Gasteiger partial charge is 0.193 e. The van der Waals surface area contributed by atoms with Crippen LogP contribution in [0.3, 0.4) is 0 Å². The predicted octanol–water partition coefficient (Wildman–Crippen LogP) is 3.38. The number of aryl methyl sites for hydroxylation is 1. The van der Waals surface area contributed by atoms with Crippen LogP contribution in [0.1, 0.15) is 29.1 Å². The quantitative estimate of drug-likeness (QED) is 0.555. The fraction of sp³-hybridized carbons (Fsp3) is 0.545. The summed E-state index contributed by atoms with van der Waals surface area (Å²) in [6.07, 6.45) is 2.44. The van der Waals surface area contributed by atoms with Crippen LogP contribution in [0.4, 0.5) is 0 Å². The van der Waals surface area contributed by atoms with E-state index in [2.05, 4.69) is 56.6 Å². The molecule has 0 saturated carbocycles. The summed E-state index contributed by atoms with van der Waals surface area (Å²) in [6.45, 7) is 7.13. The van der Waals surface area contributed by atoms with Crippen molar-refractivity contribution in [3.63, 3.8) is 0 Å². The molecule has 1 fully saturated rings. The van der Waals surface area contributed by atoms with Gasteiger partial charge in [0.15, 0.2) is 5.96 Å². The van der Waals surface area contributed by atoms with Crippen molar-refractivity contribution < 1.29 is 4.74 Å². The van der Waals surface area contributed by atoms with E-state index in [0.29, 0.717) is 5.92 Å². The Morgan fingerprint density at radius 2 is 2.03 bits per heavy atom. The minimum Gasteiger partial charge on any atom is -0.497 e. The summed E-state index contributed by atoms with van der Waals surface area (Å²) >= 11 is 1.74. The summed E-state index contributed by atoms with van der Waals surface area (Å²) in [5.74, 6) is 2.52. The number of benzene rings is 1. The van der Waals surface area contributed by atoms with Crippen molar-refractivity contribution in [1.29, 1.82) is 0 Å². The summed E-state index contributed by atoms with van der Waals surface area (Å²) in [7, 11) is 5.63. The topological polar surface area (TPSA) is 53.0 Å². The highest BCUT2D eigenvalue weighted by Gasteiger charge is 2.20. The van der Waals surface area contributed by atoms with E-state index in [1.807, 2.05) is 19.2 Å². The van der Waals surface area contributed by atoms with Crippen molar-refractivity contribution in [3.05, 3.63) is 45.9 Å². The number of ether oxygens (including phenoxy) is 1. The number of guanidine groups is 1. The second-order valence-electron chi connectivity index (χ2n) is 7.71. The average Bonchev–Trinajstić information content (AvgIpc) is 3.15. The van der Waals surface area contributed by atoms with Crippen LogP contribution in [0, 0.1) is 12.8 Å². The van der Waals surface area contributed by atoms with E-state index < -0.39 is 0 Å². The van der Waals surface area contributed by atoms with Gasteiger partial charge in [-0.25, -0.2) is 4.98 Å². The van der Waals surface area contributed by atoms with Gasteiger partial charge in [-0.15, -0.1) is 11.3 Å². The molecule has 1 N–H and O–H groups in total. The van der Waals surface area contributed by atoms with Crippen LogP contribution < -0.4 is 10.1 Å². The van der Waals surface area contributed by atoms with Crippen molar-refractivity contribution in [1.82, 2.24) is 20.1 Å². The van der Waals surface area contributed by atoms with E-state index in [1.165, 1.54) is 24.1 Å². The third-order valence-electron chi connectivity index (χ3n) is 5.46. The lowest BCUT2D eigenvalue weighted by molar-refractivity contribution is 0.176. The maximum absolute atomic E-state index is 5.23. The molecule has 1 aliphatic heterocycles. The molecule has 0 radical (unpaired) electrons. The number of nitrogens with one attached hydrogen (secondary N) is 1. The summed E-state index contributed by atoms with van der Waals surface area (Å²) in [6, 6.07) is 8.20. The highest BCUT2D eigenvalue weighted by Crippen LogP contribution is 2.19. The molecule has 1 aliphatic rings. The number of piperidine rings is 1. The maximum Gasteiger partial charge on any atom is 0.193 e. The predicted molar refractivity (Wildman–Crippen MR) is 121 cm³/mol. The van der Waals surface area contributed by atoms with Gasteiger partial charge in [-0.05, 0) is 56.5 Å². The summed E-state index contributed by atoms with van der Waals surface area (Å²) < 4.78 is 5.23. The monoisotopic (exact) mass is 415 g/mol. The molecule has 7 heteroatoms. The lowest BCUT2D eigenvalue weighted by atomic mass is 9.97. The first-order valence-corrected chi connectivity index (χ1v) is 11.1. The molecule has 0 spiro atoms. The zero-order chi connectivity index (χ0) is 20.6. The Kier molecular flexibility index (Phi) is 7.89. The van der Waals surface area contributed by atoms with Crippen LogP contribution in [-0.2, 0) is 13.1 Å². The normalized spacial score (nSPS) is 16.1. The molecular weight excluding hydrogens is 382 g/mol. The second-order valence-corrected chi connectivity index (χ2v) is 8.77. The van der Waals surface area contributed by atoms with Gasteiger partial charge in [0.2, 0.25) is 0 Å². The van der Waals surface area contributed by atoms with Gasteiger partial charge in [-0.1, -0.05) is 12.1 Å². The number of hydrogen-bond donors (Lipinski definition) is 1. The molecule has 0 bridgehead atoms. The summed E-state index contributed by atoms with van der Waals surface area (Å²) in [4.78, 5) is 13.8. The van der Waals surface area contributed by atoms with Crippen molar-refractivity contribution in [2.45, 2.75) is 32.9 Å². The number of nitrogens with zero attached hydrogens (tertiary/aromatic N) is 4. The molecule has 29 heavy (non-hydrogen) atoms. The highest BCUT2D eigenvalue weighted by molar-refractivity contribution is 7.09. The molecule has 158 valence electrons. The van der Waals surface area contributed by atoms with Gasteiger partial charge in [0, 0.05) is 39.1 Å². The van der Waals surface area contributed by atoms with Crippen molar-refractivity contribution in [2.24, 2.45) is 10.9 Å². The number of aromatic nitrogens is 1. The molecule has 6 nitrogen and oxygen atoms in total. The van der Waals surface area contributed by atoms with Crippen LogP contribution in [0.15, 0.2) is 34.6 Å². The average molecular weight is 416 g/mol. The van der Waals surface area contributed by atoms with E-state index in [0.717, 1.165) is 49.4 Å². The lowest BCUT2D eigenvalue weighted by Gasteiger charge is -2.32. The number of aliphatic imine (C=N–C) groups is 1. The number of rotatable bonds is 7. The molecular formula is C22H33N5OS. The Bertz CT molecular complexity index is 781. The maximum atomic E-state index is 5.23. The van der Waals surface area contributed by atoms with E-state index in [-0.39, 0.29) is 0 Å². The van der Waals surface area contributed by atoms with Crippen LogP contribution in [0.5, 0.6) is 5.75 Å². The number of likely N-dealkylation sites (tertiary alicyclic amines) is 1. The van der Waals surface area contributed by atoms with Gasteiger partial charge in [0.1, 0.15) is 5.75 Å². The largest absolute Gasteiger partial charge is 0.497 e. The van der Waals surface area contributed by atoms with Gasteiger partial charge in [0.05, 0.1) is 17.8 Å². The number of hydrogen-bond acceptors (Lipinski definition) is 5. The fourth-order valence-electron chi connectivity index (χ4n) is 3.76. The molecule has 3 rings (SSSR count). The molecule has 0 aliphatic carbocycles. The van der Waals surface area contributed by atoms with Gasteiger partial charge >= 0.3 is 0 Å². The molecule has 2 aromatic rings. The molecule has 0 atom stereocenters. The Morgan fingerprint density at radius 1 is 1.31 bits per heavy atom. The lowest BCUT2D eigenvalue weighted by Crippen LogP contribution is -2.43. The van der Waals surface area contributed by atoms with E-state index >= 15 is 0 Å². The van der Waals surface area contributed by atoms with Gasteiger partial charge in [-0.2, -0.15) is 0 Å². The first-order valence-electron chi connectivity index (χ1n) is 10.3. The first kappa shape index (κ1) is 21.6. The summed E-state index contributed by atoms with van der Waals surface area (Å²) in [5, 5.41) is 6.91. The second kappa shape index (κ2) is 10.6. The van der Waals surface area contributed by atoms with E-state index in [4.69, 9.17) is 4.74 Å². The fourth-order valence-corrected chi connectivity index (χ4v) is 4.36. The minimum absolute atomic E-state index is 0.689. The van der Waals surface area contributed by atoms with Crippen LogP contribution >= 0.6 is 11.3 Å². The Morgan fingerprint density at radius 3 is 2.62 bits per heavy atom. The Labute approximate surface area is 178 Å². The zero-order valence-electron chi connectivity index (χ0n) is 18.0. The molecule has 2 heterocycles. The van der Waals surface area contributed by atoms with Crippen molar-refractivity contribution >= 4 is 17.3 Å². The minimum atomic E-state index is 0.689. The van der Waals surface area contributed by atoms with Gasteiger partial charge in [-0.3, -0.25) is 9.89 Å². The molecule has 0 amide bonds. The number of methoxy groups -OCH3 is 1. The Hall–Kier alpha value is -2.12. The van der Waals surface area contributed by atoms with Crippen LogP contribution in [0.25, 0.3) is 0 Å². The van der Waals surface area contributed by atoms with Crippen LogP contribution in [0.2, 0.25) is 0 Å². The summed E-state index contributed by atoms with van der Waals surface area (Å²) in [5.41, 5.74) is 2.45.